The molecule has 23 heavy (non-hydrogen) atoms. The molecule has 2 aromatic rings. The highest BCUT2D eigenvalue weighted by molar-refractivity contribution is 7.99. The molecule has 1 aliphatic carbocycles. The van der Waals surface area contributed by atoms with Gasteiger partial charge in [-0.25, -0.2) is 0 Å². The molecule has 0 aliphatic heterocycles. The molecule has 1 nitrogen and oxygen atoms in total. The van der Waals surface area contributed by atoms with Gasteiger partial charge in [-0.3, -0.25) is 0 Å². The maximum Gasteiger partial charge on any atom is 0.0406 e. The van der Waals surface area contributed by atoms with E-state index in [2.05, 4.69) is 36.4 Å². The van der Waals surface area contributed by atoms with E-state index in [-0.39, 0.29) is 18.4 Å². The van der Waals surface area contributed by atoms with Gasteiger partial charge in [-0.05, 0) is 54.7 Å². The Bertz CT molecular complexity index is 609. The van der Waals surface area contributed by atoms with Crippen LogP contribution < -0.4 is 5.73 Å². The van der Waals surface area contributed by atoms with Crippen molar-refractivity contribution in [3.8, 4) is 0 Å². The number of halogens is 2. The molecule has 1 aliphatic rings. The molecule has 2 aromatic carbocycles. The van der Waals surface area contributed by atoms with Crippen LogP contribution in [0.25, 0.3) is 0 Å². The second kappa shape index (κ2) is 8.98. The quantitative estimate of drug-likeness (QED) is 0.667. The van der Waals surface area contributed by atoms with Gasteiger partial charge in [0.25, 0.3) is 0 Å². The molecular formula is C19H23Cl2NS. The maximum atomic E-state index is 6.61. The Labute approximate surface area is 154 Å². The average Bonchev–Trinajstić information content (AvgIpc) is 2.58. The van der Waals surface area contributed by atoms with Gasteiger partial charge in [0.2, 0.25) is 0 Å². The number of hydrogen-bond donors (Lipinski definition) is 1. The molecule has 2 N–H and O–H groups in total. The van der Waals surface area contributed by atoms with Crippen molar-refractivity contribution in [3.05, 3.63) is 59.1 Å². The van der Waals surface area contributed by atoms with E-state index in [1.165, 1.54) is 47.5 Å². The van der Waals surface area contributed by atoms with E-state index in [1.807, 2.05) is 12.1 Å². The Balaban J connectivity index is 0.00000192. The zero-order valence-electron chi connectivity index (χ0n) is 13.1. The van der Waals surface area contributed by atoms with E-state index in [0.717, 1.165) is 5.02 Å². The van der Waals surface area contributed by atoms with Crippen molar-refractivity contribution in [3.63, 3.8) is 0 Å². The topological polar surface area (TPSA) is 26.0 Å². The smallest absolute Gasteiger partial charge is 0.0406 e. The average molecular weight is 368 g/mol. The standard InChI is InChI=1S/C19H22ClNS.ClH/c20-15-10-12-16(13-11-15)22-18-9-5-4-8-17(18)19(21)14-6-2-1-3-7-14;/h4-5,8-14,19H,1-3,6-7,21H2;1H/t19-;/m1./s1. The van der Waals surface area contributed by atoms with Gasteiger partial charge in [0, 0.05) is 20.9 Å². The molecule has 1 fully saturated rings. The van der Waals surface area contributed by atoms with E-state index in [9.17, 15) is 0 Å². The molecule has 0 amide bonds. The van der Waals surface area contributed by atoms with Gasteiger partial charge in [-0.2, -0.15) is 0 Å². The summed E-state index contributed by atoms with van der Waals surface area (Å²) in [6, 6.07) is 16.7. The Morgan fingerprint density at radius 2 is 1.61 bits per heavy atom. The zero-order valence-corrected chi connectivity index (χ0v) is 15.5. The van der Waals surface area contributed by atoms with E-state index in [4.69, 9.17) is 17.3 Å². The molecule has 1 saturated carbocycles. The van der Waals surface area contributed by atoms with E-state index >= 15 is 0 Å². The second-order valence-corrected chi connectivity index (χ2v) is 7.57. The van der Waals surface area contributed by atoms with Crippen molar-refractivity contribution >= 4 is 35.8 Å². The first-order chi connectivity index (χ1) is 10.7. The lowest BCUT2D eigenvalue weighted by Gasteiger charge is -2.29. The summed E-state index contributed by atoms with van der Waals surface area (Å²) in [6.45, 7) is 0. The Hall–Kier alpha value is -0.670. The molecular weight excluding hydrogens is 345 g/mol. The second-order valence-electron chi connectivity index (χ2n) is 6.02. The molecule has 0 aromatic heterocycles. The predicted octanol–water partition coefficient (Wildman–Crippen LogP) is 6.49. The van der Waals surface area contributed by atoms with Crippen LogP contribution in [0, 0.1) is 5.92 Å². The fourth-order valence-electron chi connectivity index (χ4n) is 3.23. The number of benzene rings is 2. The normalized spacial score (nSPS) is 16.6. The summed E-state index contributed by atoms with van der Waals surface area (Å²) in [4.78, 5) is 2.47. The van der Waals surface area contributed by atoms with Gasteiger partial charge >= 0.3 is 0 Å². The lowest BCUT2D eigenvalue weighted by molar-refractivity contribution is 0.306. The van der Waals surface area contributed by atoms with Crippen molar-refractivity contribution in [1.29, 1.82) is 0 Å². The van der Waals surface area contributed by atoms with Crippen LogP contribution in [0.5, 0.6) is 0 Å². The highest BCUT2D eigenvalue weighted by Crippen LogP contribution is 2.39. The molecule has 0 radical (unpaired) electrons. The van der Waals surface area contributed by atoms with Crippen LogP contribution in [-0.4, -0.2) is 0 Å². The number of hydrogen-bond acceptors (Lipinski definition) is 2. The van der Waals surface area contributed by atoms with Crippen LogP contribution in [0.15, 0.2) is 58.3 Å². The highest BCUT2D eigenvalue weighted by Gasteiger charge is 2.23. The molecule has 4 heteroatoms. The van der Waals surface area contributed by atoms with Crippen LogP contribution in [0.1, 0.15) is 43.7 Å². The lowest BCUT2D eigenvalue weighted by atomic mass is 9.81. The molecule has 0 heterocycles. The monoisotopic (exact) mass is 367 g/mol. The Morgan fingerprint density at radius 3 is 2.30 bits per heavy atom. The van der Waals surface area contributed by atoms with Crippen LogP contribution in [0.3, 0.4) is 0 Å². The van der Waals surface area contributed by atoms with Gasteiger partial charge in [0.1, 0.15) is 0 Å². The molecule has 3 rings (SSSR count). The third kappa shape index (κ3) is 4.90. The van der Waals surface area contributed by atoms with E-state index < -0.39 is 0 Å². The van der Waals surface area contributed by atoms with Gasteiger partial charge in [-0.15, -0.1) is 12.4 Å². The molecule has 0 unspecified atom stereocenters. The summed E-state index contributed by atoms with van der Waals surface area (Å²) in [7, 11) is 0. The minimum Gasteiger partial charge on any atom is -0.324 e. The van der Waals surface area contributed by atoms with Crippen LogP contribution in [0.2, 0.25) is 5.02 Å². The molecule has 1 atom stereocenters. The van der Waals surface area contributed by atoms with Crippen molar-refractivity contribution < 1.29 is 0 Å². The molecule has 0 saturated heterocycles. The fraction of sp³-hybridized carbons (Fsp3) is 0.368. The Kier molecular flexibility index (Phi) is 7.29. The minimum atomic E-state index is 0. The van der Waals surface area contributed by atoms with Gasteiger partial charge in [0.05, 0.1) is 0 Å². The first-order valence-electron chi connectivity index (χ1n) is 8.02. The van der Waals surface area contributed by atoms with Crippen molar-refractivity contribution in [2.75, 3.05) is 0 Å². The van der Waals surface area contributed by atoms with E-state index in [1.54, 1.807) is 11.8 Å². The van der Waals surface area contributed by atoms with Gasteiger partial charge < -0.3 is 5.73 Å². The summed E-state index contributed by atoms with van der Waals surface area (Å²) in [5.41, 5.74) is 7.90. The van der Waals surface area contributed by atoms with Gasteiger partial charge in [0.15, 0.2) is 0 Å². The first-order valence-corrected chi connectivity index (χ1v) is 9.21. The number of rotatable bonds is 4. The minimum absolute atomic E-state index is 0. The highest BCUT2D eigenvalue weighted by atomic mass is 35.5. The third-order valence-electron chi connectivity index (χ3n) is 4.48. The SMILES string of the molecule is Cl.N[C@@H](c1ccccc1Sc1ccc(Cl)cc1)C1CCCCC1. The van der Waals surface area contributed by atoms with Crippen LogP contribution >= 0.6 is 35.8 Å². The summed E-state index contributed by atoms with van der Waals surface area (Å²) < 4.78 is 0. The molecule has 124 valence electrons. The summed E-state index contributed by atoms with van der Waals surface area (Å²) in [5.74, 6) is 0.626. The fourth-order valence-corrected chi connectivity index (χ4v) is 4.35. The van der Waals surface area contributed by atoms with E-state index in [0.29, 0.717) is 5.92 Å². The van der Waals surface area contributed by atoms with Crippen LogP contribution in [-0.2, 0) is 0 Å². The zero-order chi connectivity index (χ0) is 15.4. The first kappa shape index (κ1) is 18.7. The third-order valence-corrected chi connectivity index (χ3v) is 5.83. The maximum absolute atomic E-state index is 6.61. The summed E-state index contributed by atoms with van der Waals surface area (Å²) in [5, 5.41) is 0.775. The van der Waals surface area contributed by atoms with Gasteiger partial charge in [-0.1, -0.05) is 60.8 Å². The van der Waals surface area contributed by atoms with Crippen molar-refractivity contribution in [1.82, 2.24) is 0 Å². The summed E-state index contributed by atoms with van der Waals surface area (Å²) >= 11 is 7.75. The number of nitrogens with two attached hydrogens (primary N) is 1. The largest absolute Gasteiger partial charge is 0.324 e. The molecule has 0 bridgehead atoms. The lowest BCUT2D eigenvalue weighted by Crippen LogP contribution is -2.24. The predicted molar refractivity (Wildman–Crippen MR) is 103 cm³/mol. The summed E-state index contributed by atoms with van der Waals surface area (Å²) in [6.07, 6.45) is 6.54. The van der Waals surface area contributed by atoms with Crippen molar-refractivity contribution in [2.45, 2.75) is 47.9 Å². The molecule has 0 spiro atoms. The Morgan fingerprint density at radius 1 is 0.957 bits per heavy atom. The van der Waals surface area contributed by atoms with Crippen molar-refractivity contribution in [2.24, 2.45) is 11.7 Å². The van der Waals surface area contributed by atoms with Crippen LogP contribution in [0.4, 0.5) is 0 Å².